The van der Waals surface area contributed by atoms with Crippen LogP contribution in [0.25, 0.3) is 0 Å². The van der Waals surface area contributed by atoms with E-state index in [1.54, 1.807) is 12.4 Å². The first-order valence-electron chi connectivity index (χ1n) is 5.86. The van der Waals surface area contributed by atoms with Crippen LogP contribution in [-0.2, 0) is 20.5 Å². The molecule has 4 heteroatoms. The molecule has 1 aromatic rings. The average Bonchev–Trinajstić information content (AvgIpc) is 2.97. The first-order chi connectivity index (χ1) is 7.83. The lowest BCUT2D eigenvalue weighted by atomic mass is 9.95. The van der Waals surface area contributed by atoms with Crippen LogP contribution < -0.4 is 0 Å². The number of nitrogens with zero attached hydrogens (tertiary/aromatic N) is 2. The van der Waals surface area contributed by atoms with Gasteiger partial charge in [0, 0.05) is 30.3 Å². The van der Waals surface area contributed by atoms with Crippen molar-refractivity contribution in [1.82, 2.24) is 9.97 Å². The van der Waals surface area contributed by atoms with Crippen molar-refractivity contribution in [2.24, 2.45) is 0 Å². The highest BCUT2D eigenvalue weighted by molar-refractivity contribution is 5.67. The van der Waals surface area contributed by atoms with Gasteiger partial charge in [-0.05, 0) is 12.8 Å². The minimum Gasteiger partial charge on any atom is -0.454 e. The van der Waals surface area contributed by atoms with Gasteiger partial charge < -0.3 is 4.74 Å². The van der Waals surface area contributed by atoms with Crippen molar-refractivity contribution in [3.8, 4) is 0 Å². The van der Waals surface area contributed by atoms with Gasteiger partial charge in [-0.2, -0.15) is 0 Å². The summed E-state index contributed by atoms with van der Waals surface area (Å²) in [7, 11) is 0. The molecule has 2 rings (SSSR count). The minimum absolute atomic E-state index is 0.0589. The van der Waals surface area contributed by atoms with Gasteiger partial charge in [0.2, 0.25) is 0 Å². The molecule has 1 saturated carbocycles. The predicted molar refractivity (Wildman–Crippen MR) is 63.4 cm³/mol. The highest BCUT2D eigenvalue weighted by Gasteiger charge is 2.48. The van der Waals surface area contributed by atoms with E-state index in [2.05, 4.69) is 30.7 Å². The number of aromatic nitrogens is 2. The van der Waals surface area contributed by atoms with Crippen molar-refractivity contribution in [3.63, 3.8) is 0 Å². The molecule has 0 amide bonds. The van der Waals surface area contributed by atoms with E-state index < -0.39 is 5.60 Å². The van der Waals surface area contributed by atoms with E-state index in [-0.39, 0.29) is 11.4 Å². The zero-order chi connectivity index (χ0) is 12.7. The van der Waals surface area contributed by atoms with Crippen LogP contribution in [0, 0.1) is 0 Å². The van der Waals surface area contributed by atoms with Crippen LogP contribution in [0.1, 0.15) is 51.9 Å². The number of rotatable bonds is 2. The highest BCUT2D eigenvalue weighted by atomic mass is 16.6. The minimum atomic E-state index is -0.442. The van der Waals surface area contributed by atoms with Crippen molar-refractivity contribution in [3.05, 3.63) is 23.8 Å². The largest absolute Gasteiger partial charge is 0.454 e. The molecule has 0 saturated heterocycles. The number of ether oxygens (including phenoxy) is 1. The lowest BCUT2D eigenvalue weighted by molar-refractivity contribution is -0.149. The molecule has 0 bridgehead atoms. The Bertz CT molecular complexity index is 428. The summed E-state index contributed by atoms with van der Waals surface area (Å²) in [6, 6.07) is 0. The molecule has 17 heavy (non-hydrogen) atoms. The summed E-state index contributed by atoms with van der Waals surface area (Å²) < 4.78 is 5.34. The van der Waals surface area contributed by atoms with Crippen molar-refractivity contribution >= 4 is 5.97 Å². The Kier molecular flexibility index (Phi) is 2.68. The van der Waals surface area contributed by atoms with Gasteiger partial charge in [0.1, 0.15) is 11.4 Å². The molecule has 1 fully saturated rings. The fourth-order valence-electron chi connectivity index (χ4n) is 1.79. The Hall–Kier alpha value is -1.45. The summed E-state index contributed by atoms with van der Waals surface area (Å²) in [4.78, 5) is 19.8. The first-order valence-corrected chi connectivity index (χ1v) is 5.86. The fourth-order valence-corrected chi connectivity index (χ4v) is 1.79. The number of hydrogen-bond donors (Lipinski definition) is 0. The highest BCUT2D eigenvalue weighted by Crippen LogP contribution is 2.48. The Morgan fingerprint density at radius 2 is 1.82 bits per heavy atom. The first kappa shape index (κ1) is 12.0. The molecule has 0 spiro atoms. The predicted octanol–water partition coefficient (Wildman–Crippen LogP) is 2.33. The Labute approximate surface area is 101 Å². The molecular formula is C13H18N2O2. The summed E-state index contributed by atoms with van der Waals surface area (Å²) >= 11 is 0. The number of carbonyl (C=O) groups excluding carboxylic acids is 1. The van der Waals surface area contributed by atoms with Crippen LogP contribution >= 0.6 is 0 Å². The lowest BCUT2D eigenvalue weighted by Gasteiger charge is -2.19. The van der Waals surface area contributed by atoms with Gasteiger partial charge in [-0.25, -0.2) is 9.97 Å². The lowest BCUT2D eigenvalue weighted by Crippen LogP contribution is -2.19. The summed E-state index contributed by atoms with van der Waals surface area (Å²) in [6.45, 7) is 7.65. The Morgan fingerprint density at radius 3 is 2.18 bits per heavy atom. The van der Waals surface area contributed by atoms with Crippen LogP contribution in [0.3, 0.4) is 0 Å². The van der Waals surface area contributed by atoms with Gasteiger partial charge in [-0.3, -0.25) is 4.79 Å². The third-order valence-electron chi connectivity index (χ3n) is 2.89. The number of carbonyl (C=O) groups is 1. The quantitative estimate of drug-likeness (QED) is 0.737. The van der Waals surface area contributed by atoms with Gasteiger partial charge >= 0.3 is 5.97 Å². The third kappa shape index (κ3) is 2.46. The molecule has 0 N–H and O–H groups in total. The second-order valence-corrected chi connectivity index (χ2v) is 5.63. The maximum absolute atomic E-state index is 11.0. The zero-order valence-corrected chi connectivity index (χ0v) is 10.8. The van der Waals surface area contributed by atoms with Crippen LogP contribution in [0.5, 0.6) is 0 Å². The van der Waals surface area contributed by atoms with E-state index in [1.807, 2.05) is 0 Å². The fraction of sp³-hybridized carbons (Fsp3) is 0.615. The molecule has 0 radical (unpaired) electrons. The molecule has 1 heterocycles. The van der Waals surface area contributed by atoms with Crippen molar-refractivity contribution in [2.75, 3.05) is 0 Å². The summed E-state index contributed by atoms with van der Waals surface area (Å²) in [6.07, 6.45) is 5.29. The molecule has 0 unspecified atom stereocenters. The molecule has 4 nitrogen and oxygen atoms in total. The van der Waals surface area contributed by atoms with E-state index >= 15 is 0 Å². The molecule has 1 aliphatic rings. The van der Waals surface area contributed by atoms with E-state index in [4.69, 9.17) is 4.74 Å². The molecule has 0 atom stereocenters. The second-order valence-electron chi connectivity index (χ2n) is 5.63. The van der Waals surface area contributed by atoms with Crippen molar-refractivity contribution in [1.29, 1.82) is 0 Å². The molecule has 1 aliphatic carbocycles. The van der Waals surface area contributed by atoms with Crippen molar-refractivity contribution in [2.45, 2.75) is 51.6 Å². The van der Waals surface area contributed by atoms with Gasteiger partial charge in [0.15, 0.2) is 0 Å². The van der Waals surface area contributed by atoms with Gasteiger partial charge in [-0.1, -0.05) is 20.8 Å². The zero-order valence-electron chi connectivity index (χ0n) is 10.8. The van der Waals surface area contributed by atoms with E-state index in [1.165, 1.54) is 6.92 Å². The molecule has 1 aromatic heterocycles. The number of hydrogen-bond acceptors (Lipinski definition) is 4. The van der Waals surface area contributed by atoms with E-state index in [0.29, 0.717) is 0 Å². The Morgan fingerprint density at radius 1 is 1.29 bits per heavy atom. The summed E-state index contributed by atoms with van der Waals surface area (Å²) in [5, 5.41) is 0. The molecule has 92 valence electrons. The molecular weight excluding hydrogens is 216 g/mol. The van der Waals surface area contributed by atoms with Crippen LogP contribution in [-0.4, -0.2) is 15.9 Å². The van der Waals surface area contributed by atoms with Gasteiger partial charge in [0.25, 0.3) is 0 Å². The van der Waals surface area contributed by atoms with Crippen LogP contribution in [0.2, 0.25) is 0 Å². The topological polar surface area (TPSA) is 52.1 Å². The maximum atomic E-state index is 11.0. The van der Waals surface area contributed by atoms with Gasteiger partial charge in [-0.15, -0.1) is 0 Å². The van der Waals surface area contributed by atoms with Crippen LogP contribution in [0.4, 0.5) is 0 Å². The van der Waals surface area contributed by atoms with E-state index in [0.717, 1.165) is 24.2 Å². The average molecular weight is 234 g/mol. The monoisotopic (exact) mass is 234 g/mol. The SMILES string of the molecule is CC(=O)OC1(c2cnc(C(C)(C)C)nc2)CC1. The Balaban J connectivity index is 2.22. The normalized spacial score (nSPS) is 17.6. The standard InChI is InChI=1S/C13H18N2O2/c1-9(16)17-13(5-6-13)10-7-14-11(15-8-10)12(2,3)4/h7-8H,5-6H2,1-4H3. The summed E-state index contributed by atoms with van der Waals surface area (Å²) in [5.41, 5.74) is 0.402. The maximum Gasteiger partial charge on any atom is 0.303 e. The van der Waals surface area contributed by atoms with E-state index in [9.17, 15) is 4.79 Å². The molecule has 0 aliphatic heterocycles. The summed E-state index contributed by atoms with van der Waals surface area (Å²) in [5.74, 6) is 0.558. The third-order valence-corrected chi connectivity index (χ3v) is 2.89. The molecule has 0 aromatic carbocycles. The second kappa shape index (κ2) is 3.79. The van der Waals surface area contributed by atoms with Crippen molar-refractivity contribution < 1.29 is 9.53 Å². The number of esters is 1. The smallest absolute Gasteiger partial charge is 0.303 e. The van der Waals surface area contributed by atoms with Gasteiger partial charge in [0.05, 0.1) is 0 Å². The van der Waals surface area contributed by atoms with Crippen LogP contribution in [0.15, 0.2) is 12.4 Å².